The maximum absolute atomic E-state index is 11.4. The zero-order valence-corrected chi connectivity index (χ0v) is 11.0. The number of primary amides is 1. The molecule has 0 aromatic heterocycles. The van der Waals surface area contributed by atoms with Gasteiger partial charge in [-0.25, -0.2) is 0 Å². The first kappa shape index (κ1) is 16.7. The van der Waals surface area contributed by atoms with E-state index in [9.17, 15) is 14.4 Å². The van der Waals surface area contributed by atoms with E-state index < -0.39 is 18.0 Å². The highest BCUT2D eigenvalue weighted by atomic mass is 32.2. The molecule has 18 heavy (non-hydrogen) atoms. The van der Waals surface area contributed by atoms with Gasteiger partial charge in [-0.2, -0.15) is 11.8 Å². The molecule has 0 spiro atoms. The van der Waals surface area contributed by atoms with E-state index in [2.05, 4.69) is 5.32 Å². The molecule has 0 heterocycles. The van der Waals surface area contributed by atoms with Crippen molar-refractivity contribution in [2.24, 2.45) is 5.73 Å². The topological polar surface area (TPSA) is 119 Å². The van der Waals surface area contributed by atoms with Crippen molar-refractivity contribution in [2.75, 3.05) is 25.2 Å². The van der Waals surface area contributed by atoms with Crippen molar-refractivity contribution in [2.45, 2.75) is 18.9 Å². The van der Waals surface area contributed by atoms with E-state index in [1.807, 2.05) is 0 Å². The molecule has 0 fully saturated rings. The molecule has 0 aliphatic carbocycles. The largest absolute Gasteiger partial charge is 0.481 e. The first-order valence-electron chi connectivity index (χ1n) is 5.33. The number of hydrogen-bond donors (Lipinski definition) is 3. The van der Waals surface area contributed by atoms with Gasteiger partial charge in [0.15, 0.2) is 0 Å². The molecule has 8 heteroatoms. The molecule has 1 atom stereocenters. The Hall–Kier alpha value is -1.28. The summed E-state index contributed by atoms with van der Waals surface area (Å²) in [6, 6.07) is 0. The van der Waals surface area contributed by atoms with Crippen LogP contribution in [-0.2, 0) is 19.1 Å². The van der Waals surface area contributed by atoms with E-state index in [1.54, 1.807) is 0 Å². The van der Waals surface area contributed by atoms with Crippen molar-refractivity contribution in [1.29, 1.82) is 0 Å². The SMILES string of the molecule is COC(CNC(=O)CCSCC(N)=O)CC(=O)O. The van der Waals surface area contributed by atoms with Gasteiger partial charge in [0, 0.05) is 25.8 Å². The van der Waals surface area contributed by atoms with Gasteiger partial charge in [-0.1, -0.05) is 0 Å². The fourth-order valence-corrected chi connectivity index (χ4v) is 1.76. The summed E-state index contributed by atoms with van der Waals surface area (Å²) in [5.74, 6) is -0.924. The number of ether oxygens (including phenoxy) is 1. The predicted octanol–water partition coefficient (Wildman–Crippen LogP) is -0.799. The molecule has 0 bridgehead atoms. The van der Waals surface area contributed by atoms with Gasteiger partial charge in [-0.05, 0) is 0 Å². The second-order valence-corrected chi connectivity index (χ2v) is 4.63. The van der Waals surface area contributed by atoms with Crippen LogP contribution in [0.4, 0.5) is 0 Å². The molecule has 4 N–H and O–H groups in total. The van der Waals surface area contributed by atoms with Crippen molar-refractivity contribution in [3.05, 3.63) is 0 Å². The second-order valence-electron chi connectivity index (χ2n) is 3.53. The first-order valence-corrected chi connectivity index (χ1v) is 6.48. The van der Waals surface area contributed by atoms with Gasteiger partial charge in [0.05, 0.1) is 18.3 Å². The summed E-state index contributed by atoms with van der Waals surface area (Å²) in [4.78, 5) is 32.2. The number of carbonyl (C=O) groups is 3. The van der Waals surface area contributed by atoms with Gasteiger partial charge in [0.25, 0.3) is 0 Å². The Labute approximate surface area is 109 Å². The summed E-state index contributed by atoms with van der Waals surface area (Å²) in [7, 11) is 1.39. The minimum absolute atomic E-state index is 0.155. The van der Waals surface area contributed by atoms with Crippen molar-refractivity contribution in [3.8, 4) is 0 Å². The van der Waals surface area contributed by atoms with Crippen LogP contribution in [0.25, 0.3) is 0 Å². The summed E-state index contributed by atoms with van der Waals surface area (Å²) in [6.45, 7) is 0.155. The van der Waals surface area contributed by atoms with Gasteiger partial charge >= 0.3 is 5.97 Å². The Morgan fingerprint density at radius 1 is 1.44 bits per heavy atom. The lowest BCUT2D eigenvalue weighted by Gasteiger charge is -2.13. The van der Waals surface area contributed by atoms with Gasteiger partial charge in [0.2, 0.25) is 11.8 Å². The molecule has 0 aromatic carbocycles. The number of nitrogens with two attached hydrogens (primary N) is 1. The summed E-state index contributed by atoms with van der Waals surface area (Å²) >= 11 is 1.28. The van der Waals surface area contributed by atoms with Crippen LogP contribution in [0.2, 0.25) is 0 Å². The Kier molecular flexibility index (Phi) is 9.03. The van der Waals surface area contributed by atoms with Crippen LogP contribution in [0.5, 0.6) is 0 Å². The zero-order chi connectivity index (χ0) is 14.0. The van der Waals surface area contributed by atoms with Crippen molar-refractivity contribution in [1.82, 2.24) is 5.32 Å². The quantitative estimate of drug-likeness (QED) is 0.450. The smallest absolute Gasteiger partial charge is 0.306 e. The standard InChI is InChI=1S/C10H18N2O5S/c1-17-7(4-10(15)16)5-12-9(14)2-3-18-6-8(11)13/h7H,2-6H2,1H3,(H2,11,13)(H,12,14)(H,15,16). The zero-order valence-electron chi connectivity index (χ0n) is 10.2. The Bertz CT molecular complexity index is 298. The molecule has 0 aromatic rings. The number of hydrogen-bond acceptors (Lipinski definition) is 5. The Balaban J connectivity index is 3.67. The van der Waals surface area contributed by atoms with Crippen molar-refractivity contribution in [3.63, 3.8) is 0 Å². The normalized spacial score (nSPS) is 11.8. The molecule has 0 aliphatic rings. The lowest BCUT2D eigenvalue weighted by Crippen LogP contribution is -2.34. The van der Waals surface area contributed by atoms with Crippen molar-refractivity contribution < 1.29 is 24.2 Å². The molecule has 0 aliphatic heterocycles. The number of carbonyl (C=O) groups excluding carboxylic acids is 2. The molecule has 104 valence electrons. The number of aliphatic carboxylic acids is 1. The summed E-state index contributed by atoms with van der Waals surface area (Å²) < 4.78 is 4.91. The van der Waals surface area contributed by atoms with E-state index in [1.165, 1.54) is 18.9 Å². The predicted molar refractivity (Wildman–Crippen MR) is 67.2 cm³/mol. The third-order valence-electron chi connectivity index (χ3n) is 1.98. The highest BCUT2D eigenvalue weighted by molar-refractivity contribution is 7.99. The number of thioether (sulfide) groups is 1. The molecule has 2 amide bonds. The van der Waals surface area contributed by atoms with Gasteiger partial charge in [-0.3, -0.25) is 14.4 Å². The van der Waals surface area contributed by atoms with Crippen LogP contribution in [-0.4, -0.2) is 54.2 Å². The van der Waals surface area contributed by atoms with Crippen LogP contribution in [0.15, 0.2) is 0 Å². The lowest BCUT2D eigenvalue weighted by atomic mass is 10.2. The van der Waals surface area contributed by atoms with Gasteiger partial charge in [-0.15, -0.1) is 0 Å². The fraction of sp³-hybridized carbons (Fsp3) is 0.700. The maximum Gasteiger partial charge on any atom is 0.306 e. The average molecular weight is 278 g/mol. The third kappa shape index (κ3) is 9.91. The molecule has 1 unspecified atom stereocenters. The first-order chi connectivity index (χ1) is 8.45. The van der Waals surface area contributed by atoms with Crippen LogP contribution in [0.1, 0.15) is 12.8 Å². The number of nitrogens with one attached hydrogen (secondary N) is 1. The molecule has 7 nitrogen and oxygen atoms in total. The average Bonchev–Trinajstić information content (AvgIpc) is 2.29. The monoisotopic (exact) mass is 278 g/mol. The van der Waals surface area contributed by atoms with E-state index in [4.69, 9.17) is 15.6 Å². The minimum Gasteiger partial charge on any atom is -0.481 e. The minimum atomic E-state index is -0.979. The Morgan fingerprint density at radius 3 is 2.61 bits per heavy atom. The number of methoxy groups -OCH3 is 1. The van der Waals surface area contributed by atoms with Gasteiger partial charge in [0.1, 0.15) is 0 Å². The van der Waals surface area contributed by atoms with Crippen LogP contribution in [0.3, 0.4) is 0 Å². The molecular weight excluding hydrogens is 260 g/mol. The Morgan fingerprint density at radius 2 is 2.11 bits per heavy atom. The number of carboxylic acid groups (broad SMARTS) is 1. The van der Waals surface area contributed by atoms with Gasteiger partial charge < -0.3 is 20.9 Å². The molecular formula is C10H18N2O5S. The maximum atomic E-state index is 11.4. The van der Waals surface area contributed by atoms with Crippen LogP contribution < -0.4 is 11.1 Å². The van der Waals surface area contributed by atoms with E-state index in [0.717, 1.165) is 0 Å². The third-order valence-corrected chi connectivity index (χ3v) is 2.96. The highest BCUT2D eigenvalue weighted by Crippen LogP contribution is 2.01. The highest BCUT2D eigenvalue weighted by Gasteiger charge is 2.13. The number of amides is 2. The summed E-state index contributed by atoms with van der Waals surface area (Å²) in [5, 5.41) is 11.1. The number of rotatable bonds is 10. The molecule has 0 saturated carbocycles. The fourth-order valence-electron chi connectivity index (χ4n) is 1.09. The van der Waals surface area contributed by atoms with E-state index >= 15 is 0 Å². The number of carboxylic acids is 1. The molecule has 0 radical (unpaired) electrons. The van der Waals surface area contributed by atoms with Crippen LogP contribution in [0, 0.1) is 0 Å². The summed E-state index contributed by atoms with van der Waals surface area (Å²) in [6.07, 6.45) is -0.445. The van der Waals surface area contributed by atoms with Crippen molar-refractivity contribution >= 4 is 29.5 Å². The summed E-state index contributed by atoms with van der Waals surface area (Å²) in [5.41, 5.74) is 4.94. The van der Waals surface area contributed by atoms with E-state index in [-0.39, 0.29) is 31.0 Å². The lowest BCUT2D eigenvalue weighted by molar-refractivity contribution is -0.140. The van der Waals surface area contributed by atoms with Crippen LogP contribution >= 0.6 is 11.8 Å². The molecule has 0 rings (SSSR count). The second kappa shape index (κ2) is 9.72. The van der Waals surface area contributed by atoms with E-state index in [0.29, 0.717) is 5.75 Å². The molecule has 0 saturated heterocycles.